The predicted molar refractivity (Wildman–Crippen MR) is 91.1 cm³/mol. The van der Waals surface area contributed by atoms with E-state index in [9.17, 15) is 15.3 Å². The Balaban J connectivity index is 1.97. The third-order valence-electron chi connectivity index (χ3n) is 4.18. The van der Waals surface area contributed by atoms with Crippen molar-refractivity contribution in [1.82, 2.24) is 14.1 Å². The Kier molecular flexibility index (Phi) is 4.46. The van der Waals surface area contributed by atoms with Crippen LogP contribution in [0.4, 0.5) is 0 Å². The van der Waals surface area contributed by atoms with Gasteiger partial charge in [0.15, 0.2) is 5.75 Å². The number of imidazole rings is 1. The summed E-state index contributed by atoms with van der Waals surface area (Å²) in [7, 11) is 0. The molecular weight excluding hydrogens is 306 g/mol. The van der Waals surface area contributed by atoms with Crippen LogP contribution in [0, 0.1) is 0 Å². The third kappa shape index (κ3) is 2.82. The van der Waals surface area contributed by atoms with E-state index in [1.165, 1.54) is 0 Å². The van der Waals surface area contributed by atoms with Gasteiger partial charge >= 0.3 is 0 Å². The zero-order chi connectivity index (χ0) is 17.1. The quantitative estimate of drug-likeness (QED) is 0.649. The zero-order valence-corrected chi connectivity index (χ0v) is 13.6. The topological polar surface area (TPSA) is 83.4 Å². The summed E-state index contributed by atoms with van der Waals surface area (Å²) in [5.41, 5.74) is 1.90. The predicted octanol–water partition coefficient (Wildman–Crippen LogP) is 3.12. The lowest BCUT2D eigenvalue weighted by molar-refractivity contribution is 0.367. The molecule has 0 spiro atoms. The van der Waals surface area contributed by atoms with Crippen molar-refractivity contribution in [3.63, 3.8) is 0 Å². The van der Waals surface area contributed by atoms with Crippen molar-refractivity contribution in [2.75, 3.05) is 0 Å². The average molecular weight is 327 g/mol. The standard InChI is InChI=1S/C18H21N3O3/c1-2-13-16(14-6-3-4-7-15(14)22)21(18(24)17(13)23)10-5-9-20-11-8-19-12-20/h3-4,6-8,11-12,22-24H,2,5,9-10H2,1H3. The second-order valence-electron chi connectivity index (χ2n) is 5.68. The van der Waals surface area contributed by atoms with Crippen LogP contribution >= 0.6 is 0 Å². The highest BCUT2D eigenvalue weighted by molar-refractivity contribution is 5.75. The van der Waals surface area contributed by atoms with E-state index in [4.69, 9.17) is 0 Å². The minimum atomic E-state index is -0.157. The van der Waals surface area contributed by atoms with Gasteiger partial charge in [-0.3, -0.25) is 0 Å². The molecule has 3 aromatic rings. The van der Waals surface area contributed by atoms with Crippen LogP contribution in [-0.2, 0) is 19.5 Å². The monoisotopic (exact) mass is 327 g/mol. The highest BCUT2D eigenvalue weighted by Gasteiger charge is 2.23. The van der Waals surface area contributed by atoms with Gasteiger partial charge in [0, 0.05) is 36.6 Å². The molecule has 0 bridgehead atoms. The molecule has 0 radical (unpaired) electrons. The largest absolute Gasteiger partial charge is 0.507 e. The number of para-hydroxylation sites is 1. The number of aromatic nitrogens is 3. The van der Waals surface area contributed by atoms with Crippen LogP contribution in [0.25, 0.3) is 11.3 Å². The third-order valence-corrected chi connectivity index (χ3v) is 4.18. The van der Waals surface area contributed by atoms with Crippen molar-refractivity contribution in [1.29, 1.82) is 0 Å². The highest BCUT2D eigenvalue weighted by Crippen LogP contribution is 2.43. The second kappa shape index (κ2) is 6.70. The smallest absolute Gasteiger partial charge is 0.235 e. The molecule has 6 nitrogen and oxygen atoms in total. The molecule has 2 heterocycles. The Morgan fingerprint density at radius 3 is 2.54 bits per heavy atom. The van der Waals surface area contributed by atoms with Gasteiger partial charge in [-0.15, -0.1) is 0 Å². The van der Waals surface area contributed by atoms with Crippen LogP contribution in [0.3, 0.4) is 0 Å². The van der Waals surface area contributed by atoms with Crippen LogP contribution in [0.1, 0.15) is 18.9 Å². The molecule has 0 aliphatic heterocycles. The first-order chi connectivity index (χ1) is 11.6. The Labute approximate surface area is 140 Å². The second-order valence-corrected chi connectivity index (χ2v) is 5.68. The first-order valence-electron chi connectivity index (χ1n) is 8.00. The zero-order valence-electron chi connectivity index (χ0n) is 13.6. The number of aromatic hydroxyl groups is 3. The van der Waals surface area contributed by atoms with Gasteiger partial charge in [-0.25, -0.2) is 4.98 Å². The molecule has 2 aromatic heterocycles. The molecule has 24 heavy (non-hydrogen) atoms. The fraction of sp³-hybridized carbons (Fsp3) is 0.278. The number of hydrogen-bond donors (Lipinski definition) is 3. The fourth-order valence-electron chi connectivity index (χ4n) is 3.01. The summed E-state index contributed by atoms with van der Waals surface area (Å²) in [5.74, 6) is -0.144. The maximum absolute atomic E-state index is 10.4. The minimum Gasteiger partial charge on any atom is -0.507 e. The average Bonchev–Trinajstić information content (AvgIpc) is 3.17. The summed E-state index contributed by atoms with van der Waals surface area (Å²) < 4.78 is 3.63. The number of nitrogens with zero attached hydrogens (tertiary/aromatic N) is 3. The Morgan fingerprint density at radius 1 is 1.08 bits per heavy atom. The molecule has 0 saturated heterocycles. The van der Waals surface area contributed by atoms with Crippen molar-refractivity contribution in [3.05, 3.63) is 48.5 Å². The molecule has 0 atom stereocenters. The minimum absolute atomic E-state index is 0.113. The maximum atomic E-state index is 10.4. The Bertz CT molecular complexity index is 822. The normalized spacial score (nSPS) is 11.0. The molecule has 1 aromatic carbocycles. The van der Waals surface area contributed by atoms with Gasteiger partial charge < -0.3 is 24.5 Å². The summed E-state index contributed by atoms with van der Waals surface area (Å²) in [6.07, 6.45) is 6.66. The molecule has 0 saturated carbocycles. The van der Waals surface area contributed by atoms with Gasteiger partial charge in [-0.05, 0) is 25.0 Å². The molecule has 0 amide bonds. The van der Waals surface area contributed by atoms with Crippen LogP contribution < -0.4 is 0 Å². The summed E-state index contributed by atoms with van der Waals surface area (Å²) in [4.78, 5) is 4.01. The lowest BCUT2D eigenvalue weighted by Crippen LogP contribution is -2.05. The molecule has 0 unspecified atom stereocenters. The highest BCUT2D eigenvalue weighted by atomic mass is 16.3. The van der Waals surface area contributed by atoms with Gasteiger partial charge in [0.25, 0.3) is 0 Å². The number of phenolic OH excluding ortho intramolecular Hbond substituents is 1. The molecule has 0 fully saturated rings. The van der Waals surface area contributed by atoms with Gasteiger partial charge in [0.1, 0.15) is 5.75 Å². The summed E-state index contributed by atoms with van der Waals surface area (Å²) >= 11 is 0. The van der Waals surface area contributed by atoms with E-state index < -0.39 is 0 Å². The van der Waals surface area contributed by atoms with Crippen molar-refractivity contribution >= 4 is 0 Å². The number of rotatable bonds is 6. The van der Waals surface area contributed by atoms with Crippen molar-refractivity contribution in [2.24, 2.45) is 0 Å². The lowest BCUT2D eigenvalue weighted by atomic mass is 10.0. The molecule has 3 rings (SSSR count). The number of phenols is 1. The van der Waals surface area contributed by atoms with Gasteiger partial charge in [-0.1, -0.05) is 19.1 Å². The van der Waals surface area contributed by atoms with E-state index >= 15 is 0 Å². The summed E-state index contributed by atoms with van der Waals surface area (Å²) in [6, 6.07) is 6.96. The number of benzene rings is 1. The van der Waals surface area contributed by atoms with E-state index in [0.29, 0.717) is 29.8 Å². The number of aryl methyl sites for hydroxylation is 1. The van der Waals surface area contributed by atoms with E-state index in [1.807, 2.05) is 23.8 Å². The van der Waals surface area contributed by atoms with Gasteiger partial charge in [0.05, 0.1) is 12.0 Å². The van der Waals surface area contributed by atoms with Crippen LogP contribution in [0.2, 0.25) is 0 Å². The SMILES string of the molecule is CCc1c(O)c(O)n(CCCn2ccnc2)c1-c1ccccc1O. The van der Waals surface area contributed by atoms with Crippen LogP contribution in [0.15, 0.2) is 43.0 Å². The first-order valence-corrected chi connectivity index (χ1v) is 8.00. The first kappa shape index (κ1) is 16.0. The van der Waals surface area contributed by atoms with Crippen LogP contribution in [-0.4, -0.2) is 29.4 Å². The Morgan fingerprint density at radius 2 is 1.88 bits per heavy atom. The number of hydrogen-bond acceptors (Lipinski definition) is 4. The van der Waals surface area contributed by atoms with Gasteiger partial charge in [0.2, 0.25) is 5.88 Å². The van der Waals surface area contributed by atoms with Crippen LogP contribution in [0.5, 0.6) is 17.4 Å². The van der Waals surface area contributed by atoms with E-state index in [0.717, 1.165) is 13.0 Å². The molecular formula is C18H21N3O3. The molecule has 0 aliphatic rings. The summed E-state index contributed by atoms with van der Waals surface area (Å²) in [6.45, 7) is 3.18. The Hall–Kier alpha value is -2.89. The molecule has 0 aliphatic carbocycles. The van der Waals surface area contributed by atoms with Crippen molar-refractivity contribution in [3.8, 4) is 28.6 Å². The lowest BCUT2D eigenvalue weighted by Gasteiger charge is -2.13. The van der Waals surface area contributed by atoms with Gasteiger partial charge in [-0.2, -0.15) is 0 Å². The van der Waals surface area contributed by atoms with E-state index in [-0.39, 0.29) is 17.4 Å². The molecule has 126 valence electrons. The van der Waals surface area contributed by atoms with Crippen molar-refractivity contribution < 1.29 is 15.3 Å². The summed E-state index contributed by atoms with van der Waals surface area (Å²) in [5, 5.41) is 30.8. The fourth-order valence-corrected chi connectivity index (χ4v) is 3.01. The van der Waals surface area contributed by atoms with E-state index in [2.05, 4.69) is 4.98 Å². The maximum Gasteiger partial charge on any atom is 0.235 e. The molecule has 6 heteroatoms. The molecule has 3 N–H and O–H groups in total. The van der Waals surface area contributed by atoms with Crippen molar-refractivity contribution in [2.45, 2.75) is 32.9 Å². The van der Waals surface area contributed by atoms with E-state index in [1.54, 1.807) is 35.3 Å².